The average molecular weight is 377 g/mol. The molecule has 142 valence electrons. The molecule has 0 bridgehead atoms. The summed E-state index contributed by atoms with van der Waals surface area (Å²) < 4.78 is 1.81. The molecule has 1 saturated heterocycles. The number of aromatic nitrogens is 2. The summed E-state index contributed by atoms with van der Waals surface area (Å²) in [6.07, 6.45) is 4.88. The summed E-state index contributed by atoms with van der Waals surface area (Å²) in [4.78, 5) is 15.5. The van der Waals surface area contributed by atoms with Crippen LogP contribution in [0.5, 0.6) is 0 Å². The fraction of sp³-hybridized carbons (Fsp3) is 0.500. The quantitative estimate of drug-likeness (QED) is 0.843. The van der Waals surface area contributed by atoms with E-state index in [1.54, 1.807) is 0 Å². The van der Waals surface area contributed by atoms with Crippen molar-refractivity contribution in [1.29, 1.82) is 0 Å². The van der Waals surface area contributed by atoms with Crippen LogP contribution in [0.1, 0.15) is 37.3 Å². The van der Waals surface area contributed by atoms with Gasteiger partial charge in [0.25, 0.3) is 0 Å². The molecule has 1 fully saturated rings. The highest BCUT2D eigenvalue weighted by Gasteiger charge is 2.38. The van der Waals surface area contributed by atoms with Gasteiger partial charge in [0.2, 0.25) is 5.91 Å². The third-order valence-electron chi connectivity index (χ3n) is 5.29. The molecule has 0 aliphatic carbocycles. The van der Waals surface area contributed by atoms with Crippen molar-refractivity contribution in [3.05, 3.63) is 53.9 Å². The number of carbonyl (C=O) groups is 1. The second-order valence-corrected chi connectivity index (χ2v) is 7.03. The molecule has 2 aromatic rings. The Labute approximate surface area is 162 Å². The number of halogens is 1. The molecular formula is C20H29ClN4O. The van der Waals surface area contributed by atoms with Gasteiger partial charge in [-0.1, -0.05) is 37.3 Å². The number of nitrogens with one attached hydrogen (secondary N) is 1. The number of nitrogens with zero attached hydrogens (tertiary/aromatic N) is 3. The van der Waals surface area contributed by atoms with Gasteiger partial charge in [-0.15, -0.1) is 12.4 Å². The Kier molecular flexibility index (Phi) is 7.23. The zero-order valence-corrected chi connectivity index (χ0v) is 16.6. The third-order valence-corrected chi connectivity index (χ3v) is 5.29. The number of rotatable bonds is 6. The number of benzene rings is 1. The Bertz CT molecular complexity index is 703. The van der Waals surface area contributed by atoms with Gasteiger partial charge >= 0.3 is 0 Å². The van der Waals surface area contributed by atoms with E-state index in [9.17, 15) is 4.79 Å². The zero-order valence-electron chi connectivity index (χ0n) is 15.8. The van der Waals surface area contributed by atoms with Crippen LogP contribution in [0.25, 0.3) is 0 Å². The van der Waals surface area contributed by atoms with E-state index in [1.165, 1.54) is 5.56 Å². The van der Waals surface area contributed by atoms with Crippen LogP contribution >= 0.6 is 12.4 Å². The highest BCUT2D eigenvalue weighted by molar-refractivity contribution is 5.85. The number of carbonyl (C=O) groups excluding carboxylic acids is 1. The van der Waals surface area contributed by atoms with Crippen molar-refractivity contribution < 1.29 is 4.79 Å². The van der Waals surface area contributed by atoms with Crippen LogP contribution in [0.3, 0.4) is 0 Å². The molecule has 1 aliphatic rings. The summed E-state index contributed by atoms with van der Waals surface area (Å²) in [5, 5.41) is 7.69. The van der Waals surface area contributed by atoms with Crippen LogP contribution in [-0.2, 0) is 18.4 Å². The van der Waals surface area contributed by atoms with Gasteiger partial charge in [-0.05, 0) is 24.5 Å². The van der Waals surface area contributed by atoms with E-state index >= 15 is 0 Å². The standard InChI is InChI=1S/C20H28N4O.ClH/c1-4-15(2)24(13-16-8-6-5-7-9-16)20(25)19-12-21-11-18(19)17-10-22-23(3)14-17;/h5-10,14-15,18-19,21H,4,11-13H2,1-3H3;1H/t15?,18-,19+;/m1./s1. The molecule has 1 aliphatic heterocycles. The Morgan fingerprint density at radius 1 is 1.35 bits per heavy atom. The van der Waals surface area contributed by atoms with E-state index in [2.05, 4.69) is 41.3 Å². The Morgan fingerprint density at radius 2 is 2.08 bits per heavy atom. The molecule has 0 radical (unpaired) electrons. The van der Waals surface area contributed by atoms with Crippen molar-refractivity contribution in [2.24, 2.45) is 13.0 Å². The maximum Gasteiger partial charge on any atom is 0.228 e. The monoisotopic (exact) mass is 376 g/mol. The van der Waals surface area contributed by atoms with E-state index < -0.39 is 0 Å². The molecule has 1 aromatic carbocycles. The summed E-state index contributed by atoms with van der Waals surface area (Å²) >= 11 is 0. The summed E-state index contributed by atoms with van der Waals surface area (Å²) in [6.45, 7) is 6.52. The second kappa shape index (κ2) is 9.19. The lowest BCUT2D eigenvalue weighted by atomic mass is 9.89. The normalized spacial score (nSPS) is 20.4. The first-order valence-corrected chi connectivity index (χ1v) is 9.13. The molecule has 1 unspecified atom stereocenters. The lowest BCUT2D eigenvalue weighted by molar-refractivity contribution is -0.138. The Balaban J connectivity index is 0.00000243. The zero-order chi connectivity index (χ0) is 17.8. The van der Waals surface area contributed by atoms with E-state index in [0.717, 1.165) is 25.1 Å². The minimum Gasteiger partial charge on any atom is -0.335 e. The molecule has 1 aromatic heterocycles. The smallest absolute Gasteiger partial charge is 0.228 e. The molecule has 3 atom stereocenters. The summed E-state index contributed by atoms with van der Waals surface area (Å²) in [7, 11) is 1.92. The largest absolute Gasteiger partial charge is 0.335 e. The van der Waals surface area contributed by atoms with Crippen molar-refractivity contribution in [3.8, 4) is 0 Å². The molecule has 6 heteroatoms. The average Bonchev–Trinajstić information content (AvgIpc) is 3.28. The predicted octanol–water partition coefficient (Wildman–Crippen LogP) is 2.97. The molecule has 26 heavy (non-hydrogen) atoms. The van der Waals surface area contributed by atoms with E-state index in [1.807, 2.05) is 42.3 Å². The Morgan fingerprint density at radius 3 is 2.69 bits per heavy atom. The van der Waals surface area contributed by atoms with Crippen molar-refractivity contribution in [1.82, 2.24) is 20.0 Å². The first kappa shape index (κ1) is 20.5. The van der Waals surface area contributed by atoms with Crippen molar-refractivity contribution in [3.63, 3.8) is 0 Å². The molecule has 0 spiro atoms. The van der Waals surface area contributed by atoms with E-state index in [0.29, 0.717) is 6.54 Å². The van der Waals surface area contributed by atoms with Crippen LogP contribution in [0.15, 0.2) is 42.7 Å². The molecule has 5 nitrogen and oxygen atoms in total. The minimum atomic E-state index is -0.0260. The minimum absolute atomic E-state index is 0. The van der Waals surface area contributed by atoms with Gasteiger partial charge in [-0.3, -0.25) is 9.48 Å². The molecular weight excluding hydrogens is 348 g/mol. The molecule has 1 N–H and O–H groups in total. The topological polar surface area (TPSA) is 50.2 Å². The maximum atomic E-state index is 13.4. The van der Waals surface area contributed by atoms with Gasteiger partial charge in [0.1, 0.15) is 0 Å². The van der Waals surface area contributed by atoms with Gasteiger partial charge in [-0.2, -0.15) is 5.10 Å². The van der Waals surface area contributed by atoms with Crippen LogP contribution in [0, 0.1) is 5.92 Å². The number of aryl methyl sites for hydroxylation is 1. The van der Waals surface area contributed by atoms with Crippen LogP contribution in [-0.4, -0.2) is 39.7 Å². The van der Waals surface area contributed by atoms with Gasteiger partial charge < -0.3 is 10.2 Å². The van der Waals surface area contributed by atoms with Gasteiger partial charge in [0.05, 0.1) is 12.1 Å². The van der Waals surface area contributed by atoms with Crippen LogP contribution in [0.2, 0.25) is 0 Å². The first-order chi connectivity index (χ1) is 12.1. The summed E-state index contributed by atoms with van der Waals surface area (Å²) in [5.41, 5.74) is 2.33. The van der Waals surface area contributed by atoms with E-state index in [4.69, 9.17) is 0 Å². The van der Waals surface area contributed by atoms with Crippen molar-refractivity contribution in [2.45, 2.75) is 38.8 Å². The molecule has 3 rings (SSSR count). The van der Waals surface area contributed by atoms with Gasteiger partial charge in [0, 0.05) is 44.8 Å². The Hall–Kier alpha value is -1.85. The van der Waals surface area contributed by atoms with Crippen molar-refractivity contribution in [2.75, 3.05) is 13.1 Å². The number of amides is 1. The second-order valence-electron chi connectivity index (χ2n) is 7.03. The molecule has 1 amide bonds. The van der Waals surface area contributed by atoms with E-state index in [-0.39, 0.29) is 36.2 Å². The SMILES string of the molecule is CCC(C)N(Cc1ccccc1)C(=O)[C@H]1CNC[C@@H]1c1cnn(C)c1.Cl. The number of hydrogen-bond acceptors (Lipinski definition) is 3. The van der Waals surface area contributed by atoms with Gasteiger partial charge in [-0.25, -0.2) is 0 Å². The first-order valence-electron chi connectivity index (χ1n) is 9.13. The molecule has 2 heterocycles. The maximum absolute atomic E-state index is 13.4. The molecule has 0 saturated carbocycles. The predicted molar refractivity (Wildman–Crippen MR) is 106 cm³/mol. The summed E-state index contributed by atoms with van der Waals surface area (Å²) in [5.74, 6) is 0.419. The number of hydrogen-bond donors (Lipinski definition) is 1. The third kappa shape index (κ3) is 4.46. The summed E-state index contributed by atoms with van der Waals surface area (Å²) in [6, 6.07) is 10.5. The van der Waals surface area contributed by atoms with Crippen LogP contribution in [0.4, 0.5) is 0 Å². The lowest BCUT2D eigenvalue weighted by Crippen LogP contribution is -2.43. The highest BCUT2D eigenvalue weighted by atomic mass is 35.5. The lowest BCUT2D eigenvalue weighted by Gasteiger charge is -2.32. The van der Waals surface area contributed by atoms with Gasteiger partial charge in [0.15, 0.2) is 0 Å². The van der Waals surface area contributed by atoms with Crippen LogP contribution < -0.4 is 5.32 Å². The fourth-order valence-corrected chi connectivity index (χ4v) is 3.58. The fourth-order valence-electron chi connectivity index (χ4n) is 3.58. The van der Waals surface area contributed by atoms with Crippen molar-refractivity contribution >= 4 is 18.3 Å². The highest BCUT2D eigenvalue weighted by Crippen LogP contribution is 2.30.